The predicted molar refractivity (Wildman–Crippen MR) is 112 cm³/mol. The Labute approximate surface area is 176 Å². The number of rotatable bonds is 2. The number of aryl methyl sites for hydroxylation is 1. The van der Waals surface area contributed by atoms with Crippen molar-refractivity contribution in [3.05, 3.63) is 40.2 Å². The molecule has 0 aromatic carbocycles. The van der Waals surface area contributed by atoms with Crippen molar-refractivity contribution in [3.8, 4) is 11.5 Å². The molecule has 2 aliphatic heterocycles. The Morgan fingerprint density at radius 3 is 2.80 bits per heavy atom. The van der Waals surface area contributed by atoms with E-state index in [4.69, 9.17) is 4.52 Å². The van der Waals surface area contributed by atoms with Crippen molar-refractivity contribution in [3.63, 3.8) is 0 Å². The fourth-order valence-electron chi connectivity index (χ4n) is 3.86. The molecule has 3 aromatic rings. The summed E-state index contributed by atoms with van der Waals surface area (Å²) >= 11 is 1.52. The maximum absolute atomic E-state index is 12.9. The standard InChI is InChI=1S/C20H20N6O3S/c1-11-22-18(29-23-11)12-4-6-21-15(8-12)26-7-5-13-14(9-26)30-20-17(13)19(28)24(2)10-16(27)25(20)3/h4,6,8H,5,7,9-10H2,1-3H3. The zero-order chi connectivity index (χ0) is 21.0. The zero-order valence-corrected chi connectivity index (χ0v) is 17.7. The highest BCUT2D eigenvalue weighted by molar-refractivity contribution is 7.17. The molecule has 10 heteroatoms. The molecule has 5 rings (SSSR count). The molecule has 0 aliphatic carbocycles. The number of likely N-dealkylation sites (N-methyl/N-ethyl adjacent to an activating group) is 2. The lowest BCUT2D eigenvalue weighted by atomic mass is 10.0. The minimum Gasteiger partial charge on any atom is -0.351 e. The van der Waals surface area contributed by atoms with E-state index in [1.165, 1.54) is 16.2 Å². The molecule has 0 saturated heterocycles. The van der Waals surface area contributed by atoms with E-state index in [2.05, 4.69) is 20.0 Å². The molecular formula is C20H20N6O3S. The minimum atomic E-state index is -0.0828. The highest BCUT2D eigenvalue weighted by atomic mass is 32.1. The Morgan fingerprint density at radius 1 is 1.20 bits per heavy atom. The van der Waals surface area contributed by atoms with Gasteiger partial charge in [-0.05, 0) is 31.0 Å². The average molecular weight is 424 g/mol. The first kappa shape index (κ1) is 18.7. The van der Waals surface area contributed by atoms with Crippen molar-refractivity contribution in [1.82, 2.24) is 20.0 Å². The lowest BCUT2D eigenvalue weighted by molar-refractivity contribution is -0.118. The third kappa shape index (κ3) is 2.95. The van der Waals surface area contributed by atoms with Crippen LogP contribution in [0.5, 0.6) is 0 Å². The summed E-state index contributed by atoms with van der Waals surface area (Å²) in [6, 6.07) is 3.78. The summed E-state index contributed by atoms with van der Waals surface area (Å²) in [5, 5.41) is 4.59. The maximum atomic E-state index is 12.9. The normalized spacial score (nSPS) is 16.6. The highest BCUT2D eigenvalue weighted by Gasteiger charge is 2.35. The van der Waals surface area contributed by atoms with Crippen molar-refractivity contribution < 1.29 is 14.1 Å². The zero-order valence-electron chi connectivity index (χ0n) is 16.9. The Morgan fingerprint density at radius 2 is 2.03 bits per heavy atom. The number of thiophene rings is 1. The van der Waals surface area contributed by atoms with Crippen LogP contribution in [0.4, 0.5) is 10.8 Å². The molecule has 0 saturated carbocycles. The van der Waals surface area contributed by atoms with Crippen LogP contribution in [0.25, 0.3) is 11.5 Å². The van der Waals surface area contributed by atoms with Gasteiger partial charge in [0.1, 0.15) is 17.4 Å². The fraction of sp³-hybridized carbons (Fsp3) is 0.350. The smallest absolute Gasteiger partial charge is 0.258 e. The number of aromatic nitrogens is 3. The van der Waals surface area contributed by atoms with Gasteiger partial charge in [-0.3, -0.25) is 9.59 Å². The van der Waals surface area contributed by atoms with E-state index in [0.29, 0.717) is 30.2 Å². The third-order valence-corrected chi connectivity index (χ3v) is 6.79. The minimum absolute atomic E-state index is 0.0794. The molecule has 2 aliphatic rings. The van der Waals surface area contributed by atoms with Gasteiger partial charge >= 0.3 is 0 Å². The molecule has 9 nitrogen and oxygen atoms in total. The molecular weight excluding hydrogens is 404 g/mol. The summed E-state index contributed by atoms with van der Waals surface area (Å²) in [6.07, 6.45) is 2.45. The van der Waals surface area contributed by atoms with Crippen molar-refractivity contribution in [2.24, 2.45) is 0 Å². The van der Waals surface area contributed by atoms with E-state index in [9.17, 15) is 9.59 Å². The molecule has 0 bridgehead atoms. The average Bonchev–Trinajstić information content (AvgIpc) is 3.33. The lowest BCUT2D eigenvalue weighted by Crippen LogP contribution is -2.36. The van der Waals surface area contributed by atoms with Gasteiger partial charge in [0.25, 0.3) is 11.8 Å². The first-order chi connectivity index (χ1) is 14.4. The van der Waals surface area contributed by atoms with Gasteiger partial charge in [-0.25, -0.2) is 4.98 Å². The number of hydrogen-bond donors (Lipinski definition) is 0. The molecule has 30 heavy (non-hydrogen) atoms. The van der Waals surface area contributed by atoms with Crippen molar-refractivity contribution in [2.75, 3.05) is 37.0 Å². The van der Waals surface area contributed by atoms with Gasteiger partial charge in [-0.1, -0.05) is 5.16 Å². The van der Waals surface area contributed by atoms with Crippen molar-refractivity contribution in [2.45, 2.75) is 19.9 Å². The van der Waals surface area contributed by atoms with E-state index in [-0.39, 0.29) is 18.4 Å². The van der Waals surface area contributed by atoms with E-state index in [1.54, 1.807) is 32.1 Å². The van der Waals surface area contributed by atoms with Gasteiger partial charge in [0.2, 0.25) is 5.91 Å². The van der Waals surface area contributed by atoms with E-state index in [1.807, 2.05) is 12.1 Å². The fourth-order valence-corrected chi connectivity index (χ4v) is 5.20. The summed E-state index contributed by atoms with van der Waals surface area (Å²) in [4.78, 5) is 40.5. The number of hydrogen-bond acceptors (Lipinski definition) is 8. The number of carbonyl (C=O) groups excluding carboxylic acids is 2. The molecule has 154 valence electrons. The Balaban J connectivity index is 1.48. The molecule has 0 fully saturated rings. The number of nitrogens with zero attached hydrogens (tertiary/aromatic N) is 6. The van der Waals surface area contributed by atoms with Gasteiger partial charge < -0.3 is 19.2 Å². The molecule has 3 aromatic heterocycles. The molecule has 0 unspecified atom stereocenters. The number of pyridine rings is 1. The largest absolute Gasteiger partial charge is 0.351 e. The second kappa shape index (κ2) is 6.91. The third-order valence-electron chi connectivity index (χ3n) is 5.49. The number of anilines is 2. The van der Waals surface area contributed by atoms with Crippen LogP contribution in [0.2, 0.25) is 0 Å². The summed E-state index contributed by atoms with van der Waals surface area (Å²) in [6.45, 7) is 3.24. The number of fused-ring (bicyclic) bond motifs is 3. The molecule has 2 amide bonds. The molecule has 0 N–H and O–H groups in total. The van der Waals surface area contributed by atoms with Crippen LogP contribution >= 0.6 is 11.3 Å². The van der Waals surface area contributed by atoms with E-state index < -0.39 is 0 Å². The summed E-state index contributed by atoms with van der Waals surface area (Å²) in [5.74, 6) is 1.69. The Kier molecular flexibility index (Phi) is 4.31. The Bertz CT molecular complexity index is 1170. The van der Waals surface area contributed by atoms with Crippen LogP contribution in [-0.4, -0.2) is 59.0 Å². The second-order valence-corrected chi connectivity index (χ2v) is 8.60. The molecule has 0 spiro atoms. The van der Waals surface area contributed by atoms with Gasteiger partial charge in [0, 0.05) is 37.3 Å². The summed E-state index contributed by atoms with van der Waals surface area (Å²) in [7, 11) is 3.42. The van der Waals surface area contributed by atoms with Crippen LogP contribution in [0.3, 0.4) is 0 Å². The van der Waals surface area contributed by atoms with E-state index >= 15 is 0 Å². The summed E-state index contributed by atoms with van der Waals surface area (Å²) < 4.78 is 5.27. The van der Waals surface area contributed by atoms with Gasteiger partial charge in [0.15, 0.2) is 5.82 Å². The van der Waals surface area contributed by atoms with Crippen LogP contribution in [0.15, 0.2) is 22.9 Å². The number of carbonyl (C=O) groups is 2. The van der Waals surface area contributed by atoms with Crippen LogP contribution in [-0.2, 0) is 17.8 Å². The lowest BCUT2D eigenvalue weighted by Gasteiger charge is -2.28. The topological polar surface area (TPSA) is 95.7 Å². The van der Waals surface area contributed by atoms with Crippen LogP contribution in [0.1, 0.15) is 26.6 Å². The summed E-state index contributed by atoms with van der Waals surface area (Å²) in [5.41, 5.74) is 2.54. The monoisotopic (exact) mass is 424 g/mol. The van der Waals surface area contributed by atoms with Crippen molar-refractivity contribution >= 4 is 34.0 Å². The quantitative estimate of drug-likeness (QED) is 0.622. The van der Waals surface area contributed by atoms with Gasteiger partial charge in [-0.2, -0.15) is 4.98 Å². The van der Waals surface area contributed by atoms with Crippen LogP contribution < -0.4 is 9.80 Å². The van der Waals surface area contributed by atoms with Crippen molar-refractivity contribution in [1.29, 1.82) is 0 Å². The number of amides is 2. The predicted octanol–water partition coefficient (Wildman–Crippen LogP) is 2.11. The van der Waals surface area contributed by atoms with Gasteiger partial charge in [0.05, 0.1) is 12.1 Å². The highest BCUT2D eigenvalue weighted by Crippen LogP contribution is 2.41. The SMILES string of the molecule is Cc1noc(-c2ccnc(N3CCc4c(sc5c4C(=O)N(C)CC(=O)N5C)C3)c2)n1. The maximum Gasteiger partial charge on any atom is 0.258 e. The first-order valence-electron chi connectivity index (χ1n) is 9.60. The van der Waals surface area contributed by atoms with Crippen LogP contribution in [0, 0.1) is 6.92 Å². The van der Waals surface area contributed by atoms with Gasteiger partial charge in [-0.15, -0.1) is 11.3 Å². The first-order valence-corrected chi connectivity index (χ1v) is 10.4. The Hall–Kier alpha value is -3.27. The molecule has 0 radical (unpaired) electrons. The second-order valence-electron chi connectivity index (χ2n) is 7.52. The molecule has 0 atom stereocenters. The molecule has 5 heterocycles. The van der Waals surface area contributed by atoms with E-state index in [0.717, 1.165) is 33.4 Å².